The quantitative estimate of drug-likeness (QED) is 0.0346. The van der Waals surface area contributed by atoms with Crippen LogP contribution in [0, 0.1) is 11.6 Å². The Hall–Kier alpha value is -2.87. The van der Waals surface area contributed by atoms with Gasteiger partial charge in [0, 0.05) is 55.1 Å². The van der Waals surface area contributed by atoms with E-state index >= 15 is 8.78 Å². The summed E-state index contributed by atoms with van der Waals surface area (Å²) in [6, 6.07) is 4.01. The summed E-state index contributed by atoms with van der Waals surface area (Å²) in [6.45, 7) is 17.1. The molecule has 392 valence electrons. The molecule has 0 atom stereocenters. The number of hydrogen-bond acceptors (Lipinski definition) is 10. The normalized spacial score (nSPS) is 16.8. The fourth-order valence-electron chi connectivity index (χ4n) is 13.0. The van der Waals surface area contributed by atoms with Crippen molar-refractivity contribution in [2.75, 3.05) is 0 Å². The number of unbranched alkanes of at least 4 members (excludes halogenated alkanes) is 20. The number of hydrogen-bond donors (Lipinski definition) is 2. The van der Waals surface area contributed by atoms with Gasteiger partial charge in [0.25, 0.3) is 0 Å². The lowest BCUT2D eigenvalue weighted by molar-refractivity contribution is 0.00578. The molecular formula is C58H84B2F2N4O4S2. The Balaban J connectivity index is 1.42. The van der Waals surface area contributed by atoms with Crippen molar-refractivity contribution < 1.29 is 28.1 Å². The van der Waals surface area contributed by atoms with Gasteiger partial charge in [-0.1, -0.05) is 194 Å². The Morgan fingerprint density at radius 2 is 0.806 bits per heavy atom. The van der Waals surface area contributed by atoms with Crippen molar-refractivity contribution in [3.63, 3.8) is 0 Å². The minimum atomic E-state index is -1.83. The maximum Gasteiger partial charge on any atom is 0.497 e. The third-order valence-corrected chi connectivity index (χ3v) is 18.7. The number of aromatic nitrogens is 4. The molecule has 8 rings (SSSR count). The van der Waals surface area contributed by atoms with Gasteiger partial charge in [0.2, 0.25) is 0 Å². The highest BCUT2D eigenvalue weighted by molar-refractivity contribution is 7.00. The third kappa shape index (κ3) is 10.4. The molecule has 2 N–H and O–H groups in total. The molecule has 2 aliphatic carbocycles. The van der Waals surface area contributed by atoms with Gasteiger partial charge >= 0.3 is 14.2 Å². The predicted molar refractivity (Wildman–Crippen MR) is 298 cm³/mol. The van der Waals surface area contributed by atoms with Crippen LogP contribution in [0.5, 0.6) is 0 Å². The van der Waals surface area contributed by atoms with E-state index in [0.29, 0.717) is 81.1 Å². The summed E-state index contributed by atoms with van der Waals surface area (Å²) < 4.78 is 72.6. The maximum absolute atomic E-state index is 19.8. The van der Waals surface area contributed by atoms with Crippen molar-refractivity contribution in [3.8, 4) is 22.3 Å². The standard InChI is InChI=1S/C58H84B2F2N4O4S2/c1-9-13-17-21-25-29-33-57(34-30-26-22-18-14-10-2)39-37-41(59(67)68)51-53(65-71-63-51)43(39)45-47(57)50(62)46-44-40(38-42(52-54(44)66-72-64-52)60-69-55(5,6)56(7,8)70-60)58(48(46)49(45)61,35-31-27-23-19-15-11-3)36-32-28-24-20-16-12-4/h37-38,67-68H,9-36H2,1-8H3. The van der Waals surface area contributed by atoms with Gasteiger partial charge in [-0.25, -0.2) is 8.78 Å². The molecule has 0 spiro atoms. The summed E-state index contributed by atoms with van der Waals surface area (Å²) in [7, 11) is -2.57. The van der Waals surface area contributed by atoms with E-state index in [0.717, 1.165) is 168 Å². The van der Waals surface area contributed by atoms with Gasteiger partial charge in [-0.05, 0) is 64.5 Å². The number of nitrogens with zero attached hydrogens (tertiary/aromatic N) is 4. The van der Waals surface area contributed by atoms with Crippen LogP contribution in [0.1, 0.15) is 257 Å². The monoisotopic (exact) mass is 1020 g/mol. The Morgan fingerprint density at radius 1 is 0.472 bits per heavy atom. The zero-order valence-electron chi connectivity index (χ0n) is 45.2. The zero-order valence-corrected chi connectivity index (χ0v) is 46.8. The molecule has 1 aliphatic heterocycles. The fraction of sp³-hybridized carbons (Fsp3) is 0.690. The van der Waals surface area contributed by atoms with E-state index in [9.17, 15) is 10.0 Å². The molecule has 3 aliphatic rings. The summed E-state index contributed by atoms with van der Waals surface area (Å²) in [4.78, 5) is 0. The van der Waals surface area contributed by atoms with Gasteiger partial charge in [-0.2, -0.15) is 17.5 Å². The average molecular weight is 1030 g/mol. The first-order valence-corrected chi connectivity index (χ1v) is 30.1. The van der Waals surface area contributed by atoms with Crippen molar-refractivity contribution in [1.29, 1.82) is 0 Å². The number of halogens is 2. The van der Waals surface area contributed by atoms with Gasteiger partial charge in [-0.3, -0.25) is 0 Å². The minimum Gasteiger partial charge on any atom is -0.423 e. The SMILES string of the molecule is CCCCCCCCC1(CCCCCCCC)c2cc(B(O)O)c3nsnc3c2-c2c(F)c3c(c(F)c21)-c1c(cc(B2OC(C)(C)C(C)(C)O2)c2nsnc12)C3(CCCCCCCC)CCCCCCCC. The molecule has 0 saturated carbocycles. The molecule has 0 radical (unpaired) electrons. The van der Waals surface area contributed by atoms with Crippen molar-refractivity contribution in [2.45, 2.75) is 257 Å². The molecule has 8 nitrogen and oxygen atoms in total. The molecule has 0 bridgehead atoms. The third-order valence-electron chi connectivity index (χ3n) is 17.6. The van der Waals surface area contributed by atoms with Crippen molar-refractivity contribution in [2.24, 2.45) is 0 Å². The molecule has 0 amide bonds. The van der Waals surface area contributed by atoms with Crippen LogP contribution in [0.2, 0.25) is 0 Å². The van der Waals surface area contributed by atoms with Crippen LogP contribution < -0.4 is 10.9 Å². The first-order chi connectivity index (χ1) is 34.7. The molecule has 3 heterocycles. The number of rotatable bonds is 30. The van der Waals surface area contributed by atoms with Gasteiger partial charge in [0.05, 0.1) is 34.7 Å². The molecule has 0 unspecified atom stereocenters. The van der Waals surface area contributed by atoms with Crippen molar-refractivity contribution >= 4 is 70.7 Å². The van der Waals surface area contributed by atoms with Crippen LogP contribution in [-0.4, -0.2) is 53.0 Å². The Labute approximate surface area is 439 Å². The smallest absolute Gasteiger partial charge is 0.423 e. The highest BCUT2D eigenvalue weighted by atomic mass is 32.1. The highest BCUT2D eigenvalue weighted by Gasteiger charge is 2.57. The Kier molecular flexibility index (Phi) is 18.4. The van der Waals surface area contributed by atoms with E-state index < -0.39 is 36.3 Å². The summed E-state index contributed by atoms with van der Waals surface area (Å²) in [5.74, 6) is -0.743. The summed E-state index contributed by atoms with van der Waals surface area (Å²) >= 11 is 2.09. The summed E-state index contributed by atoms with van der Waals surface area (Å²) in [5.41, 5.74) is 4.32. The van der Waals surface area contributed by atoms with Crippen LogP contribution in [0.15, 0.2) is 12.1 Å². The summed E-state index contributed by atoms with van der Waals surface area (Å²) in [6.07, 6.45) is 28.1. The minimum absolute atomic E-state index is 0.241. The lowest BCUT2D eigenvalue weighted by atomic mass is 9.66. The Bertz CT molecular complexity index is 2590. The van der Waals surface area contributed by atoms with E-state index in [1.54, 1.807) is 0 Å². The van der Waals surface area contributed by atoms with E-state index in [1.165, 1.54) is 25.7 Å². The zero-order chi connectivity index (χ0) is 51.3. The van der Waals surface area contributed by atoms with E-state index in [4.69, 9.17) is 22.4 Å². The average Bonchev–Trinajstić information content (AvgIpc) is 4.18. The second-order valence-electron chi connectivity index (χ2n) is 23.0. The number of benzene rings is 3. The summed E-state index contributed by atoms with van der Waals surface area (Å²) in [5, 5.41) is 22.1. The van der Waals surface area contributed by atoms with Gasteiger partial charge in [0.15, 0.2) is 0 Å². The fourth-order valence-corrected chi connectivity index (χ4v) is 14.1. The first-order valence-electron chi connectivity index (χ1n) is 28.6. The maximum atomic E-state index is 19.8. The Morgan fingerprint density at radius 3 is 1.19 bits per heavy atom. The van der Waals surface area contributed by atoms with Gasteiger partial charge in [-0.15, -0.1) is 0 Å². The molecule has 14 heteroatoms. The molecular weight excluding hydrogens is 940 g/mol. The largest absolute Gasteiger partial charge is 0.497 e. The van der Waals surface area contributed by atoms with Gasteiger partial charge < -0.3 is 19.4 Å². The van der Waals surface area contributed by atoms with E-state index in [-0.39, 0.29) is 17.1 Å². The topological polar surface area (TPSA) is 110 Å². The van der Waals surface area contributed by atoms with Gasteiger partial charge in [0.1, 0.15) is 33.7 Å². The second-order valence-corrected chi connectivity index (χ2v) is 24.1. The molecule has 3 aromatic carbocycles. The predicted octanol–water partition coefficient (Wildman–Crippen LogP) is 15.5. The highest BCUT2D eigenvalue weighted by Crippen LogP contribution is 2.65. The van der Waals surface area contributed by atoms with Crippen molar-refractivity contribution in [1.82, 2.24) is 17.5 Å². The van der Waals surface area contributed by atoms with Crippen LogP contribution >= 0.6 is 23.5 Å². The van der Waals surface area contributed by atoms with E-state index in [1.807, 2.05) is 6.07 Å². The van der Waals surface area contributed by atoms with Crippen LogP contribution in [0.25, 0.3) is 44.3 Å². The molecule has 72 heavy (non-hydrogen) atoms. The first kappa shape index (κ1) is 55.4. The lowest BCUT2D eigenvalue weighted by Crippen LogP contribution is -2.41. The molecule has 2 aromatic heterocycles. The van der Waals surface area contributed by atoms with Crippen LogP contribution in [-0.2, 0) is 20.1 Å². The molecule has 1 fully saturated rings. The number of fused-ring (bicyclic) bond motifs is 10. The van der Waals surface area contributed by atoms with Crippen LogP contribution in [0.3, 0.4) is 0 Å². The van der Waals surface area contributed by atoms with E-state index in [2.05, 4.69) is 65.8 Å². The molecule has 5 aromatic rings. The van der Waals surface area contributed by atoms with Crippen LogP contribution in [0.4, 0.5) is 8.78 Å². The lowest BCUT2D eigenvalue weighted by Gasteiger charge is -2.35. The second kappa shape index (κ2) is 24.0. The van der Waals surface area contributed by atoms with Crippen molar-refractivity contribution in [3.05, 3.63) is 46.0 Å². The molecule has 1 saturated heterocycles.